The average molecular weight is 729 g/mol. The van der Waals surface area contributed by atoms with Gasteiger partial charge in [-0.3, -0.25) is 0 Å². The van der Waals surface area contributed by atoms with Gasteiger partial charge in [0.2, 0.25) is 8.32 Å². The Morgan fingerprint density at radius 3 is 1.56 bits per heavy atom. The minimum absolute atomic E-state index is 0.0612. The number of carbonyl (C=O) groups excluding carboxylic acids is 1. The second-order valence-electron chi connectivity index (χ2n) is 17.4. The van der Waals surface area contributed by atoms with Crippen LogP contribution in [0.1, 0.15) is 123 Å². The van der Waals surface area contributed by atoms with E-state index in [0.717, 1.165) is 19.3 Å². The number of hydrogen-bond acceptors (Lipinski definition) is 7. The zero-order valence-corrected chi connectivity index (χ0v) is 37.1. The summed E-state index contributed by atoms with van der Waals surface area (Å²) in [5.41, 5.74) is 3.64. The van der Waals surface area contributed by atoms with Gasteiger partial charge in [-0.15, -0.1) is 0 Å². The van der Waals surface area contributed by atoms with E-state index in [9.17, 15) is 4.79 Å². The quantitative estimate of drug-likeness (QED) is 0.0790. The molecule has 10 heteroatoms. The summed E-state index contributed by atoms with van der Waals surface area (Å²) in [5.74, 6) is -0.273. The summed E-state index contributed by atoms with van der Waals surface area (Å²) < 4.78 is 40.7. The fourth-order valence-corrected chi connectivity index (χ4v) is 21.5. The molecule has 0 radical (unpaired) electrons. The molecule has 7 nitrogen and oxygen atoms in total. The Morgan fingerprint density at radius 2 is 1.15 bits per heavy atom. The van der Waals surface area contributed by atoms with Crippen LogP contribution in [0.3, 0.4) is 0 Å². The Bertz CT molecular complexity index is 977. The normalized spacial score (nSPS) is 26.4. The second-order valence-corrected chi connectivity index (χ2v) is 32.8. The van der Waals surface area contributed by atoms with Crippen molar-refractivity contribution in [2.45, 2.75) is 212 Å². The maximum atomic E-state index is 12.4. The van der Waals surface area contributed by atoms with Crippen molar-refractivity contribution in [3.8, 4) is 0 Å². The molecule has 282 valence electrons. The van der Waals surface area contributed by atoms with E-state index in [1.807, 2.05) is 19.9 Å². The number of fused-ring (bicyclic) bond motifs is 1. The van der Waals surface area contributed by atoms with Gasteiger partial charge in [0, 0.05) is 25.0 Å². The van der Waals surface area contributed by atoms with E-state index in [-0.39, 0.29) is 42.6 Å². The molecule has 2 saturated heterocycles. The molecule has 0 N–H and O–H groups in total. The Morgan fingerprint density at radius 1 is 0.708 bits per heavy atom. The van der Waals surface area contributed by atoms with Gasteiger partial charge in [-0.25, -0.2) is 4.79 Å². The van der Waals surface area contributed by atoms with Crippen LogP contribution in [0.5, 0.6) is 0 Å². The minimum Gasteiger partial charge on any atom is -0.463 e. The minimum atomic E-state index is -2.20. The van der Waals surface area contributed by atoms with Crippen molar-refractivity contribution in [1.82, 2.24) is 0 Å². The van der Waals surface area contributed by atoms with E-state index in [4.69, 9.17) is 27.5 Å². The molecular formula is C38H76O7Si3. The summed E-state index contributed by atoms with van der Waals surface area (Å²) in [4.78, 5) is 12.4. The first-order chi connectivity index (χ1) is 22.1. The molecule has 0 spiro atoms. The molecule has 2 heterocycles. The van der Waals surface area contributed by atoms with Crippen LogP contribution in [0, 0.1) is 0 Å². The average Bonchev–Trinajstić information content (AvgIpc) is 2.95. The van der Waals surface area contributed by atoms with Gasteiger partial charge in [0.15, 0.2) is 16.6 Å². The van der Waals surface area contributed by atoms with Crippen molar-refractivity contribution in [1.29, 1.82) is 0 Å². The van der Waals surface area contributed by atoms with Gasteiger partial charge < -0.3 is 27.5 Å². The van der Waals surface area contributed by atoms with Crippen LogP contribution in [-0.4, -0.2) is 80.8 Å². The molecule has 0 aromatic heterocycles. The molecule has 0 amide bonds. The fraction of sp³-hybridized carbons (Fsp3) is 0.921. The van der Waals surface area contributed by atoms with Crippen LogP contribution in [0.4, 0.5) is 0 Å². The lowest BCUT2D eigenvalue weighted by atomic mass is 9.88. The summed E-state index contributed by atoms with van der Waals surface area (Å²) in [5, 5.41) is 0. The van der Waals surface area contributed by atoms with Gasteiger partial charge in [-0.2, -0.15) is 0 Å². The Hall–Kier alpha value is -0.339. The van der Waals surface area contributed by atoms with E-state index in [0.29, 0.717) is 58.5 Å². The summed E-state index contributed by atoms with van der Waals surface area (Å²) in [7, 11) is -6.11. The monoisotopic (exact) mass is 728 g/mol. The van der Waals surface area contributed by atoms with Gasteiger partial charge in [0.05, 0.1) is 43.2 Å². The summed E-state index contributed by atoms with van der Waals surface area (Å²) in [6, 6.07) is 0. The molecular weight excluding hydrogens is 653 g/mol. The molecule has 2 rings (SSSR count). The first kappa shape index (κ1) is 43.8. The molecule has 6 atom stereocenters. The maximum Gasteiger partial charge on any atom is 0.333 e. The number of rotatable bonds is 18. The van der Waals surface area contributed by atoms with E-state index in [1.165, 1.54) is 0 Å². The van der Waals surface area contributed by atoms with Crippen LogP contribution < -0.4 is 0 Å². The van der Waals surface area contributed by atoms with Crippen molar-refractivity contribution < 1.29 is 32.3 Å². The number of ether oxygens (including phenoxy) is 3. The van der Waals surface area contributed by atoms with Gasteiger partial charge in [0.1, 0.15) is 0 Å². The molecule has 2 fully saturated rings. The van der Waals surface area contributed by atoms with Crippen LogP contribution in [0.2, 0.25) is 52.9 Å². The largest absolute Gasteiger partial charge is 0.463 e. The molecule has 0 saturated carbocycles. The maximum absolute atomic E-state index is 12.4. The number of carbonyl (C=O) groups is 1. The molecule has 0 unspecified atom stereocenters. The van der Waals surface area contributed by atoms with Gasteiger partial charge >= 0.3 is 5.97 Å². The van der Waals surface area contributed by atoms with Crippen molar-refractivity contribution in [3.63, 3.8) is 0 Å². The van der Waals surface area contributed by atoms with E-state index < -0.39 is 25.0 Å². The van der Waals surface area contributed by atoms with Crippen LogP contribution in [0.25, 0.3) is 0 Å². The molecule has 48 heavy (non-hydrogen) atoms. The molecule has 0 aromatic carbocycles. The summed E-state index contributed by atoms with van der Waals surface area (Å²) in [6.07, 6.45) is 4.40. The van der Waals surface area contributed by atoms with Crippen molar-refractivity contribution in [2.24, 2.45) is 0 Å². The van der Waals surface area contributed by atoms with Crippen LogP contribution >= 0.6 is 0 Å². The highest BCUT2D eigenvalue weighted by molar-refractivity contribution is 6.78. The predicted octanol–water partition coefficient (Wildman–Crippen LogP) is 10.6. The lowest BCUT2D eigenvalue weighted by Gasteiger charge is -2.52. The summed E-state index contributed by atoms with van der Waals surface area (Å²) in [6.45, 7) is 39.6. The third-order valence-electron chi connectivity index (χ3n) is 11.2. The Labute approximate surface area is 299 Å². The molecule has 0 aromatic rings. The number of esters is 1. The topological polar surface area (TPSA) is 72.5 Å². The van der Waals surface area contributed by atoms with Gasteiger partial charge in [-0.1, -0.05) is 89.2 Å². The van der Waals surface area contributed by atoms with Crippen molar-refractivity contribution in [3.05, 3.63) is 11.6 Å². The SMILES string of the molecule is CCOC(=O)/C(C)=C/C[C@H]1O[C@H]2C[C@@H](O[Si](C(C)C)(C(C)C)C(C)C)[C@H](CCO[Si](C(C)C)(C(C)C)C(C)C)O[C@@H]2C[C@@H]1O[Si](C)(C)C. The molecule has 2 aliphatic rings. The van der Waals surface area contributed by atoms with Crippen molar-refractivity contribution in [2.75, 3.05) is 13.2 Å². The highest BCUT2D eigenvalue weighted by atomic mass is 28.4. The third-order valence-corrected chi connectivity index (χ3v) is 24.4. The lowest BCUT2D eigenvalue weighted by molar-refractivity contribution is -0.239. The first-order valence-electron chi connectivity index (χ1n) is 19.3. The van der Waals surface area contributed by atoms with Crippen molar-refractivity contribution >= 4 is 30.9 Å². The molecule has 0 bridgehead atoms. The standard InChI is InChI=1S/C38H76O7Si3/c1-18-40-38(39)31(14)19-20-32-36(44-46(15,16)17)23-34-35(42-32)24-37(45-48(28(8)9,29(10)11)30(12)13)33(43-34)21-22-41-47(25(2)3,26(4)5)27(6)7/h19,25-30,32-37H,18,20-24H2,1-17H3/b31-19+/t32-,33+,34-,35+,36+,37-/m1/s1. The van der Waals surface area contributed by atoms with E-state index >= 15 is 0 Å². The molecule has 2 aliphatic heterocycles. The zero-order valence-electron chi connectivity index (χ0n) is 34.1. The number of hydrogen-bond donors (Lipinski definition) is 0. The van der Waals surface area contributed by atoms with Crippen LogP contribution in [-0.2, 0) is 32.3 Å². The molecule has 0 aliphatic carbocycles. The highest BCUT2D eigenvalue weighted by Crippen LogP contribution is 2.47. The van der Waals surface area contributed by atoms with Crippen LogP contribution in [0.15, 0.2) is 11.6 Å². The Balaban J connectivity index is 2.46. The first-order valence-corrected chi connectivity index (χ1v) is 27.0. The summed E-state index contributed by atoms with van der Waals surface area (Å²) >= 11 is 0. The highest BCUT2D eigenvalue weighted by Gasteiger charge is 2.52. The lowest BCUT2D eigenvalue weighted by Crippen LogP contribution is -2.61. The van der Waals surface area contributed by atoms with E-state index in [2.05, 4.69) is 103 Å². The third kappa shape index (κ3) is 10.6. The van der Waals surface area contributed by atoms with Gasteiger partial charge in [-0.05, 0) is 79.6 Å². The van der Waals surface area contributed by atoms with Gasteiger partial charge in [0.25, 0.3) is 0 Å². The smallest absolute Gasteiger partial charge is 0.333 e. The zero-order chi connectivity index (χ0) is 36.8. The Kier molecular flexibility index (Phi) is 16.8. The van der Waals surface area contributed by atoms with E-state index in [1.54, 1.807) is 0 Å². The fourth-order valence-electron chi connectivity index (χ4n) is 9.28. The predicted molar refractivity (Wildman–Crippen MR) is 207 cm³/mol. The second kappa shape index (κ2) is 18.4.